The van der Waals surface area contributed by atoms with Gasteiger partial charge in [0, 0.05) is 59.1 Å². The van der Waals surface area contributed by atoms with Crippen molar-refractivity contribution in [1.29, 1.82) is 0 Å². The number of phenols is 2. The summed E-state index contributed by atoms with van der Waals surface area (Å²) in [6.45, 7) is 10.3. The van der Waals surface area contributed by atoms with Gasteiger partial charge in [-0.1, -0.05) is 54.4 Å². The van der Waals surface area contributed by atoms with E-state index in [1.807, 2.05) is 52.2 Å². The van der Waals surface area contributed by atoms with Gasteiger partial charge in [-0.3, -0.25) is 9.98 Å². The number of nitrogens with zero attached hydrogens (tertiary/aromatic N) is 2. The molecule has 0 aliphatic heterocycles. The highest BCUT2D eigenvalue weighted by Crippen LogP contribution is 2.40. The molecule has 1 saturated carbocycles. The lowest BCUT2D eigenvalue weighted by Crippen LogP contribution is -2.29. The second kappa shape index (κ2) is 20.5. The van der Waals surface area contributed by atoms with E-state index in [0.29, 0.717) is 59.4 Å². The summed E-state index contributed by atoms with van der Waals surface area (Å²) in [5, 5.41) is 31.7. The van der Waals surface area contributed by atoms with Crippen LogP contribution < -0.4 is 21.3 Å². The van der Waals surface area contributed by atoms with Crippen molar-refractivity contribution in [2.24, 2.45) is 9.98 Å². The Kier molecular flexibility index (Phi) is 15.9. The van der Waals surface area contributed by atoms with E-state index in [0.717, 1.165) is 12.8 Å². The van der Waals surface area contributed by atoms with Gasteiger partial charge in [-0.15, -0.1) is 0 Å². The summed E-state index contributed by atoms with van der Waals surface area (Å²) in [4.78, 5) is 35.2. The Morgan fingerprint density at radius 3 is 1.09 bits per heavy atom. The highest BCUT2D eigenvalue weighted by atomic mass is 19.4. The first kappa shape index (κ1) is 54.5. The zero-order valence-corrected chi connectivity index (χ0v) is 38.5. The molecule has 0 heterocycles. The molecular weight excluding hydrogens is 953 g/mol. The Bertz CT molecular complexity index is 2380. The Balaban J connectivity index is 1.35. The predicted molar refractivity (Wildman–Crippen MR) is 239 cm³/mol. The van der Waals surface area contributed by atoms with Gasteiger partial charge in [0.05, 0.1) is 34.3 Å². The lowest BCUT2D eigenvalue weighted by atomic mass is 9.84. The third kappa shape index (κ3) is 14.5. The van der Waals surface area contributed by atoms with Gasteiger partial charge in [0.25, 0.3) is 0 Å². The maximum atomic E-state index is 13.4. The number of carbonyl (C=O) groups is 2. The minimum absolute atomic E-state index is 0.0661. The van der Waals surface area contributed by atoms with Gasteiger partial charge in [0.2, 0.25) is 0 Å². The van der Waals surface area contributed by atoms with E-state index in [1.165, 1.54) is 24.6 Å². The number of urea groups is 2. The molecule has 22 heteroatoms. The van der Waals surface area contributed by atoms with Crippen LogP contribution >= 0.6 is 0 Å². The Labute approximate surface area is 394 Å². The van der Waals surface area contributed by atoms with Crippen molar-refractivity contribution in [3.05, 3.63) is 116 Å². The molecule has 1 aliphatic rings. The van der Waals surface area contributed by atoms with Gasteiger partial charge in [0.1, 0.15) is 11.5 Å². The Morgan fingerprint density at radius 2 is 0.814 bits per heavy atom. The molecule has 1 aliphatic carbocycles. The molecule has 0 aromatic heterocycles. The number of rotatable bonds is 10. The van der Waals surface area contributed by atoms with Crippen LogP contribution in [0.15, 0.2) is 70.6 Å². The molecule has 5 rings (SSSR count). The summed E-state index contributed by atoms with van der Waals surface area (Å²) in [5.41, 5.74) is -7.14. The lowest BCUT2D eigenvalue weighted by Gasteiger charge is -2.26. The van der Waals surface area contributed by atoms with Gasteiger partial charge in [0.15, 0.2) is 0 Å². The molecule has 0 saturated heterocycles. The quantitative estimate of drug-likeness (QED) is 0.0693. The highest BCUT2D eigenvalue weighted by Gasteiger charge is 2.39. The number of hydrogen-bond donors (Lipinski definition) is 6. The van der Waals surface area contributed by atoms with E-state index in [2.05, 4.69) is 10.6 Å². The first-order valence-electron chi connectivity index (χ1n) is 21.6. The topological polar surface area (TPSA) is 147 Å². The van der Waals surface area contributed by atoms with Crippen LogP contribution in [0.5, 0.6) is 11.5 Å². The molecule has 70 heavy (non-hydrogen) atoms. The van der Waals surface area contributed by atoms with Gasteiger partial charge in [-0.05, 0) is 95.5 Å². The van der Waals surface area contributed by atoms with Crippen LogP contribution in [-0.2, 0) is 48.6 Å². The number of nitrogens with one attached hydrogen (secondary N) is 4. The average Bonchev–Trinajstić information content (AvgIpc) is 3.22. The molecule has 6 N–H and O–H groups in total. The number of hydrogen-bond acceptors (Lipinski definition) is 6. The summed E-state index contributed by atoms with van der Waals surface area (Å²) in [5.74, 6) is -0.271. The van der Waals surface area contributed by atoms with Crippen LogP contribution in [0.4, 0.5) is 73.6 Å². The third-order valence-electron chi connectivity index (χ3n) is 11.1. The first-order chi connectivity index (χ1) is 32.1. The van der Waals surface area contributed by atoms with Crippen LogP contribution in [0.3, 0.4) is 0 Å². The fraction of sp³-hybridized carbons (Fsp3) is 0.417. The number of carbonyl (C=O) groups excluding carboxylic acids is 2. The van der Waals surface area contributed by atoms with Crippen molar-refractivity contribution in [2.75, 3.05) is 10.6 Å². The number of benzene rings is 4. The largest absolute Gasteiger partial charge is 0.507 e. The molecule has 0 unspecified atom stereocenters. The van der Waals surface area contributed by atoms with E-state index in [9.17, 15) is 72.5 Å². The number of anilines is 2. The summed E-state index contributed by atoms with van der Waals surface area (Å²) in [6, 6.07) is 4.43. The number of amides is 4. The first-order valence-corrected chi connectivity index (χ1v) is 21.6. The minimum Gasteiger partial charge on any atom is -0.507 e. The molecule has 2 atom stereocenters. The Hall–Kier alpha value is -6.48. The maximum Gasteiger partial charge on any atom is 0.416 e. The third-order valence-corrected chi connectivity index (χ3v) is 11.1. The number of aromatic hydroxyl groups is 2. The summed E-state index contributed by atoms with van der Waals surface area (Å²) in [6.07, 6.45) is -15.0. The summed E-state index contributed by atoms with van der Waals surface area (Å²) >= 11 is 0. The van der Waals surface area contributed by atoms with Gasteiger partial charge < -0.3 is 31.5 Å². The van der Waals surface area contributed by atoms with Crippen molar-refractivity contribution < 1.29 is 72.5 Å². The van der Waals surface area contributed by atoms with Crippen molar-refractivity contribution in [1.82, 2.24) is 10.6 Å². The molecular formula is C48H50F12N6O4. The standard InChI is InChI=1S/C48H50F12N6O4/c1-43(2,3)35-13-25(21-63-41(69)65-33-17-29(45(49,50)51)15-30(18-33)46(52,53)54)11-27(39(35)67)23-61-37-9-7-8-10-38(37)62-24-28-12-26(14-36(40(28)68)44(4,5)6)22-64-42(70)66-34-19-31(47(55,56)57)16-32(20-34)48(58,59)60/h11-20,23-24,37-38,67-68H,7-10,21-22H2,1-6H3,(H2,63,65,69)(H2,64,66,70)/t37-,38-/m0/s1. The maximum absolute atomic E-state index is 13.4. The van der Waals surface area contributed by atoms with E-state index in [1.54, 1.807) is 12.1 Å². The van der Waals surface area contributed by atoms with Gasteiger partial charge in [-0.25, -0.2) is 9.59 Å². The van der Waals surface area contributed by atoms with Crippen LogP contribution in [0.25, 0.3) is 0 Å². The molecule has 4 aromatic rings. The zero-order chi connectivity index (χ0) is 52.4. The van der Waals surface area contributed by atoms with Gasteiger partial charge in [-0.2, -0.15) is 52.7 Å². The average molecular weight is 1000 g/mol. The molecule has 4 amide bonds. The molecule has 380 valence electrons. The lowest BCUT2D eigenvalue weighted by molar-refractivity contribution is -0.144. The number of aliphatic imine (C=N–C) groups is 2. The van der Waals surface area contributed by atoms with Crippen LogP contribution in [-0.4, -0.2) is 46.8 Å². The normalized spacial score (nSPS) is 16.4. The van der Waals surface area contributed by atoms with Crippen LogP contribution in [0.1, 0.15) is 123 Å². The SMILES string of the molecule is CC(C)(C)c1cc(CNC(=O)Nc2cc(C(F)(F)F)cc(C(F)(F)F)c2)cc(C=N[C@H]2CCCC[C@@H]2N=Cc2cc(CNC(=O)Nc3cc(C(F)(F)F)cc(C(F)(F)F)c3)cc(C(C)(C)C)c2O)c1O. The van der Waals surface area contributed by atoms with Crippen molar-refractivity contribution >= 4 is 35.9 Å². The van der Waals surface area contributed by atoms with Crippen LogP contribution in [0, 0.1) is 0 Å². The summed E-state index contributed by atoms with van der Waals surface area (Å²) < 4.78 is 161. The Morgan fingerprint density at radius 1 is 0.514 bits per heavy atom. The number of halogens is 12. The molecule has 4 aromatic carbocycles. The predicted octanol–water partition coefficient (Wildman–Crippen LogP) is 13.3. The summed E-state index contributed by atoms with van der Waals surface area (Å²) in [7, 11) is 0. The van der Waals surface area contributed by atoms with Gasteiger partial charge >= 0.3 is 36.8 Å². The second-order valence-corrected chi connectivity index (χ2v) is 18.8. The van der Waals surface area contributed by atoms with Crippen molar-refractivity contribution in [3.63, 3.8) is 0 Å². The van der Waals surface area contributed by atoms with E-state index >= 15 is 0 Å². The molecule has 0 radical (unpaired) electrons. The number of alkyl halides is 12. The van der Waals surface area contributed by atoms with E-state index in [4.69, 9.17) is 9.98 Å². The van der Waals surface area contributed by atoms with E-state index < -0.39 is 93.3 Å². The molecule has 10 nitrogen and oxygen atoms in total. The number of phenolic OH excluding ortho intramolecular Hbond substituents is 2. The van der Waals surface area contributed by atoms with Crippen LogP contribution in [0.2, 0.25) is 0 Å². The monoisotopic (exact) mass is 1000 g/mol. The minimum atomic E-state index is -5.13. The smallest absolute Gasteiger partial charge is 0.416 e. The fourth-order valence-electron chi connectivity index (χ4n) is 7.54. The fourth-order valence-corrected chi connectivity index (χ4v) is 7.54. The highest BCUT2D eigenvalue weighted by molar-refractivity contribution is 5.91. The molecule has 0 spiro atoms. The van der Waals surface area contributed by atoms with Crippen molar-refractivity contribution in [2.45, 2.75) is 128 Å². The zero-order valence-electron chi connectivity index (χ0n) is 38.5. The van der Waals surface area contributed by atoms with Crippen molar-refractivity contribution in [3.8, 4) is 11.5 Å². The van der Waals surface area contributed by atoms with E-state index in [-0.39, 0.29) is 47.8 Å². The molecule has 1 fully saturated rings. The molecule has 0 bridgehead atoms. The second-order valence-electron chi connectivity index (χ2n) is 18.8.